The lowest BCUT2D eigenvalue weighted by molar-refractivity contribution is 0.100. The van der Waals surface area contributed by atoms with E-state index in [9.17, 15) is 4.79 Å². The van der Waals surface area contributed by atoms with Gasteiger partial charge in [-0.2, -0.15) is 0 Å². The van der Waals surface area contributed by atoms with Gasteiger partial charge in [-0.05, 0) is 24.6 Å². The highest BCUT2D eigenvalue weighted by Crippen LogP contribution is 2.21. The molecule has 5 N–H and O–H groups in total. The number of nitrogens with two attached hydrogens (primary N) is 2. The molecule has 0 heterocycles. The van der Waals surface area contributed by atoms with Crippen molar-refractivity contribution >= 4 is 17.3 Å². The first kappa shape index (κ1) is 13.3. The van der Waals surface area contributed by atoms with Crippen LogP contribution in [-0.4, -0.2) is 30.7 Å². The molecule has 0 aliphatic rings. The van der Waals surface area contributed by atoms with Gasteiger partial charge in [0.15, 0.2) is 0 Å². The smallest absolute Gasteiger partial charge is 0.250 e. The first-order valence-electron chi connectivity index (χ1n) is 5.65. The molecule has 17 heavy (non-hydrogen) atoms. The highest BCUT2D eigenvalue weighted by Gasteiger charge is 2.10. The minimum atomic E-state index is -0.537. The third-order valence-electron chi connectivity index (χ3n) is 2.53. The van der Waals surface area contributed by atoms with E-state index in [1.807, 2.05) is 11.0 Å². The maximum absolute atomic E-state index is 11.2. The van der Waals surface area contributed by atoms with Gasteiger partial charge in [0.25, 0.3) is 5.91 Å². The number of carbonyl (C=O) groups excluding carboxylic acids is 1. The lowest BCUT2D eigenvalue weighted by Gasteiger charge is -2.24. The van der Waals surface area contributed by atoms with Crippen molar-refractivity contribution in [3.63, 3.8) is 0 Å². The molecule has 0 aromatic heterocycles. The van der Waals surface area contributed by atoms with E-state index < -0.39 is 5.91 Å². The number of primary amides is 1. The second-order valence-corrected chi connectivity index (χ2v) is 3.85. The minimum absolute atomic E-state index is 0.0658. The zero-order valence-corrected chi connectivity index (χ0v) is 10.0. The number of hydrogen-bond donors (Lipinski definition) is 3. The van der Waals surface area contributed by atoms with Gasteiger partial charge in [-0.25, -0.2) is 0 Å². The van der Waals surface area contributed by atoms with Crippen molar-refractivity contribution < 1.29 is 9.90 Å². The predicted molar refractivity (Wildman–Crippen MR) is 69.0 cm³/mol. The van der Waals surface area contributed by atoms with Gasteiger partial charge in [-0.1, -0.05) is 6.92 Å². The van der Waals surface area contributed by atoms with Crippen LogP contribution >= 0.6 is 0 Å². The standard InChI is InChI=1S/C12H19N3O2/c1-2-5-15(6-7-16)9-3-4-11(13)10(8-9)12(14)17/h3-4,8,16H,2,5-7,13H2,1H3,(H2,14,17). The summed E-state index contributed by atoms with van der Waals surface area (Å²) in [6.45, 7) is 3.45. The minimum Gasteiger partial charge on any atom is -0.398 e. The Balaban J connectivity index is 3.03. The van der Waals surface area contributed by atoms with Gasteiger partial charge in [0.2, 0.25) is 0 Å². The first-order valence-corrected chi connectivity index (χ1v) is 5.65. The van der Waals surface area contributed by atoms with Crippen LogP contribution in [0.15, 0.2) is 18.2 Å². The number of nitrogens with zero attached hydrogens (tertiary/aromatic N) is 1. The fraction of sp³-hybridized carbons (Fsp3) is 0.417. The second-order valence-electron chi connectivity index (χ2n) is 3.85. The number of amides is 1. The fourth-order valence-electron chi connectivity index (χ4n) is 1.71. The van der Waals surface area contributed by atoms with Crippen LogP contribution in [0.1, 0.15) is 23.7 Å². The van der Waals surface area contributed by atoms with Gasteiger partial charge < -0.3 is 21.5 Å². The molecule has 0 atom stereocenters. The van der Waals surface area contributed by atoms with E-state index in [0.717, 1.165) is 18.7 Å². The number of aliphatic hydroxyl groups is 1. The molecule has 0 unspecified atom stereocenters. The summed E-state index contributed by atoms with van der Waals surface area (Å²) in [5.74, 6) is -0.537. The Morgan fingerprint density at radius 2 is 2.12 bits per heavy atom. The fourth-order valence-corrected chi connectivity index (χ4v) is 1.71. The quantitative estimate of drug-likeness (QED) is 0.631. The third kappa shape index (κ3) is 3.35. The van der Waals surface area contributed by atoms with Gasteiger partial charge in [0.05, 0.1) is 12.2 Å². The molecule has 0 saturated carbocycles. The Morgan fingerprint density at radius 3 is 2.65 bits per heavy atom. The summed E-state index contributed by atoms with van der Waals surface area (Å²) in [4.78, 5) is 13.2. The van der Waals surface area contributed by atoms with Gasteiger partial charge in [0, 0.05) is 24.5 Å². The molecule has 0 saturated heterocycles. The molecule has 1 rings (SSSR count). The van der Waals surface area contributed by atoms with E-state index in [0.29, 0.717) is 17.8 Å². The average Bonchev–Trinajstić information content (AvgIpc) is 2.29. The summed E-state index contributed by atoms with van der Waals surface area (Å²) in [7, 11) is 0. The first-order chi connectivity index (χ1) is 8.10. The lowest BCUT2D eigenvalue weighted by Crippen LogP contribution is -2.28. The van der Waals surface area contributed by atoms with E-state index in [1.54, 1.807) is 12.1 Å². The van der Waals surface area contributed by atoms with E-state index in [2.05, 4.69) is 6.92 Å². The Morgan fingerprint density at radius 1 is 1.41 bits per heavy atom. The summed E-state index contributed by atoms with van der Waals surface area (Å²) in [5, 5.41) is 9.00. The van der Waals surface area contributed by atoms with Crippen molar-refractivity contribution in [3.05, 3.63) is 23.8 Å². The van der Waals surface area contributed by atoms with Crippen molar-refractivity contribution in [1.82, 2.24) is 0 Å². The molecule has 0 fully saturated rings. The summed E-state index contributed by atoms with van der Waals surface area (Å²) in [6.07, 6.45) is 0.955. The molecule has 0 bridgehead atoms. The Hall–Kier alpha value is -1.75. The Kier molecular flexibility index (Phi) is 4.78. The number of rotatable bonds is 6. The summed E-state index contributed by atoms with van der Waals surface area (Å²) >= 11 is 0. The zero-order valence-electron chi connectivity index (χ0n) is 10.0. The number of anilines is 2. The lowest BCUT2D eigenvalue weighted by atomic mass is 10.1. The van der Waals surface area contributed by atoms with Gasteiger partial charge in [-0.3, -0.25) is 4.79 Å². The highest BCUT2D eigenvalue weighted by molar-refractivity contribution is 5.99. The van der Waals surface area contributed by atoms with Crippen LogP contribution in [0.3, 0.4) is 0 Å². The van der Waals surface area contributed by atoms with Crippen molar-refractivity contribution in [2.24, 2.45) is 5.73 Å². The average molecular weight is 237 g/mol. The molecule has 1 amide bonds. The Bertz CT molecular complexity index is 387. The number of nitrogen functional groups attached to an aromatic ring is 1. The molecule has 5 heteroatoms. The van der Waals surface area contributed by atoms with E-state index in [1.165, 1.54) is 0 Å². The van der Waals surface area contributed by atoms with Crippen LogP contribution < -0.4 is 16.4 Å². The van der Waals surface area contributed by atoms with Crippen LogP contribution in [0.2, 0.25) is 0 Å². The highest BCUT2D eigenvalue weighted by atomic mass is 16.3. The molecule has 94 valence electrons. The molecular formula is C12H19N3O2. The number of hydrogen-bond acceptors (Lipinski definition) is 4. The van der Waals surface area contributed by atoms with Crippen LogP contribution in [0, 0.1) is 0 Å². The molecule has 0 radical (unpaired) electrons. The maximum atomic E-state index is 11.2. The van der Waals surface area contributed by atoms with Gasteiger partial charge in [0.1, 0.15) is 0 Å². The maximum Gasteiger partial charge on any atom is 0.250 e. The van der Waals surface area contributed by atoms with E-state index >= 15 is 0 Å². The van der Waals surface area contributed by atoms with Crippen LogP contribution in [0.5, 0.6) is 0 Å². The molecule has 0 spiro atoms. The number of benzene rings is 1. The van der Waals surface area contributed by atoms with Gasteiger partial charge in [-0.15, -0.1) is 0 Å². The van der Waals surface area contributed by atoms with Crippen LogP contribution in [-0.2, 0) is 0 Å². The number of aliphatic hydroxyl groups excluding tert-OH is 1. The molecule has 5 nitrogen and oxygen atoms in total. The normalized spacial score (nSPS) is 10.2. The van der Waals surface area contributed by atoms with Crippen LogP contribution in [0.25, 0.3) is 0 Å². The predicted octanol–water partition coefficient (Wildman–Crippen LogP) is 0.576. The topological polar surface area (TPSA) is 92.6 Å². The monoisotopic (exact) mass is 237 g/mol. The Labute approximate surface area is 101 Å². The van der Waals surface area contributed by atoms with Crippen molar-refractivity contribution in [2.45, 2.75) is 13.3 Å². The molecule has 1 aromatic carbocycles. The molecule has 0 aliphatic carbocycles. The molecule has 0 aliphatic heterocycles. The summed E-state index contributed by atoms with van der Waals surface area (Å²) in [5.41, 5.74) is 12.5. The van der Waals surface area contributed by atoms with Crippen molar-refractivity contribution in [2.75, 3.05) is 30.3 Å². The SMILES string of the molecule is CCCN(CCO)c1ccc(N)c(C(N)=O)c1. The number of carbonyl (C=O) groups is 1. The van der Waals surface area contributed by atoms with Crippen molar-refractivity contribution in [3.8, 4) is 0 Å². The zero-order chi connectivity index (χ0) is 12.8. The summed E-state index contributed by atoms with van der Waals surface area (Å²) < 4.78 is 0. The summed E-state index contributed by atoms with van der Waals surface area (Å²) in [6, 6.07) is 5.16. The van der Waals surface area contributed by atoms with E-state index in [-0.39, 0.29) is 6.61 Å². The van der Waals surface area contributed by atoms with Crippen LogP contribution in [0.4, 0.5) is 11.4 Å². The van der Waals surface area contributed by atoms with Crippen molar-refractivity contribution in [1.29, 1.82) is 0 Å². The van der Waals surface area contributed by atoms with Gasteiger partial charge >= 0.3 is 0 Å². The molecule has 1 aromatic rings. The molecular weight excluding hydrogens is 218 g/mol. The van der Waals surface area contributed by atoms with E-state index in [4.69, 9.17) is 16.6 Å². The second kappa shape index (κ2) is 6.10. The largest absolute Gasteiger partial charge is 0.398 e. The third-order valence-corrected chi connectivity index (χ3v) is 2.53.